The van der Waals surface area contributed by atoms with Gasteiger partial charge in [-0.15, -0.1) is 0 Å². The van der Waals surface area contributed by atoms with E-state index in [2.05, 4.69) is 12.2 Å². The molecular formula is C23H27NO5. The Kier molecular flexibility index (Phi) is 7.83. The Bertz CT molecular complexity index is 904. The van der Waals surface area contributed by atoms with Gasteiger partial charge in [0.05, 0.1) is 14.2 Å². The predicted molar refractivity (Wildman–Crippen MR) is 114 cm³/mol. The number of amides is 1. The molecule has 0 aliphatic carbocycles. The molecule has 0 radical (unpaired) electrons. The summed E-state index contributed by atoms with van der Waals surface area (Å²) in [5.41, 5.74) is 3.24. The van der Waals surface area contributed by atoms with Gasteiger partial charge in [0.2, 0.25) is 5.91 Å². The van der Waals surface area contributed by atoms with Crippen LogP contribution in [0, 0.1) is 0 Å². The lowest BCUT2D eigenvalue weighted by atomic mass is 9.91. The van der Waals surface area contributed by atoms with Crippen LogP contribution in [0.5, 0.6) is 11.5 Å². The zero-order valence-electron chi connectivity index (χ0n) is 17.2. The van der Waals surface area contributed by atoms with Gasteiger partial charge in [0.1, 0.15) is 0 Å². The molecule has 0 fully saturated rings. The summed E-state index contributed by atoms with van der Waals surface area (Å²) in [5.74, 6) is 0.174. The first-order chi connectivity index (χ1) is 13.9. The first-order valence-electron chi connectivity index (χ1n) is 9.46. The van der Waals surface area contributed by atoms with E-state index in [-0.39, 0.29) is 11.8 Å². The molecule has 0 aromatic heterocycles. The van der Waals surface area contributed by atoms with Crippen LogP contribution in [0.25, 0.3) is 6.08 Å². The smallest absolute Gasteiger partial charge is 0.328 e. The fourth-order valence-electron chi connectivity index (χ4n) is 3.02. The highest BCUT2D eigenvalue weighted by molar-refractivity contribution is 5.94. The third-order valence-corrected chi connectivity index (χ3v) is 4.64. The maximum atomic E-state index is 12.0. The van der Waals surface area contributed by atoms with Crippen LogP contribution < -0.4 is 14.8 Å². The van der Waals surface area contributed by atoms with E-state index in [0.717, 1.165) is 23.6 Å². The van der Waals surface area contributed by atoms with Crippen molar-refractivity contribution in [1.29, 1.82) is 0 Å². The van der Waals surface area contributed by atoms with Crippen molar-refractivity contribution >= 4 is 23.6 Å². The molecule has 0 aliphatic heterocycles. The van der Waals surface area contributed by atoms with Crippen LogP contribution in [0.3, 0.4) is 0 Å². The summed E-state index contributed by atoms with van der Waals surface area (Å²) >= 11 is 0. The Morgan fingerprint density at radius 1 is 1.07 bits per heavy atom. The number of carboxylic acid groups (broad SMARTS) is 1. The monoisotopic (exact) mass is 397 g/mol. The summed E-state index contributed by atoms with van der Waals surface area (Å²) in [6.45, 7) is 3.98. The van der Waals surface area contributed by atoms with Crippen molar-refractivity contribution in [2.75, 3.05) is 19.5 Å². The lowest BCUT2D eigenvalue weighted by Gasteiger charge is -2.17. The Hall–Kier alpha value is -3.28. The Balaban J connectivity index is 2.40. The first-order valence-corrected chi connectivity index (χ1v) is 9.46. The van der Waals surface area contributed by atoms with E-state index in [1.165, 1.54) is 6.08 Å². The number of rotatable bonds is 9. The average molecular weight is 397 g/mol. The zero-order valence-corrected chi connectivity index (χ0v) is 17.2. The number of benzene rings is 2. The second kappa shape index (κ2) is 10.3. The Labute approximate surface area is 171 Å². The SMILES string of the molecule is CCCC(=O)Nc1ccc(C(C)c2ccc(OC)c(OC)c2)cc1C=CC(=O)O. The summed E-state index contributed by atoms with van der Waals surface area (Å²) in [4.78, 5) is 23.0. The Morgan fingerprint density at radius 3 is 2.34 bits per heavy atom. The second-order valence-electron chi connectivity index (χ2n) is 6.65. The van der Waals surface area contributed by atoms with E-state index < -0.39 is 5.97 Å². The first kappa shape index (κ1) is 22.0. The predicted octanol–water partition coefficient (Wildman–Crippen LogP) is 4.69. The van der Waals surface area contributed by atoms with Crippen LogP contribution in [0.4, 0.5) is 5.69 Å². The molecule has 1 unspecified atom stereocenters. The van der Waals surface area contributed by atoms with Crippen LogP contribution >= 0.6 is 0 Å². The number of carbonyl (C=O) groups is 2. The summed E-state index contributed by atoms with van der Waals surface area (Å²) < 4.78 is 10.7. The molecule has 0 aliphatic rings. The minimum Gasteiger partial charge on any atom is -0.493 e. The highest BCUT2D eigenvalue weighted by atomic mass is 16.5. The fourth-order valence-corrected chi connectivity index (χ4v) is 3.02. The molecule has 0 saturated carbocycles. The van der Waals surface area contributed by atoms with Crippen molar-refractivity contribution < 1.29 is 24.2 Å². The van der Waals surface area contributed by atoms with Gasteiger partial charge in [-0.3, -0.25) is 4.79 Å². The van der Waals surface area contributed by atoms with Crippen LogP contribution in [-0.4, -0.2) is 31.2 Å². The molecule has 6 heteroatoms. The van der Waals surface area contributed by atoms with E-state index in [1.807, 2.05) is 43.3 Å². The molecule has 29 heavy (non-hydrogen) atoms. The van der Waals surface area contributed by atoms with E-state index in [1.54, 1.807) is 14.2 Å². The van der Waals surface area contributed by atoms with Gasteiger partial charge in [0, 0.05) is 24.1 Å². The number of carboxylic acids is 1. The third-order valence-electron chi connectivity index (χ3n) is 4.64. The highest BCUT2D eigenvalue weighted by Crippen LogP contribution is 2.34. The number of anilines is 1. The molecule has 2 aromatic rings. The largest absolute Gasteiger partial charge is 0.493 e. The van der Waals surface area contributed by atoms with Crippen molar-refractivity contribution in [3.05, 3.63) is 59.2 Å². The van der Waals surface area contributed by atoms with Crippen molar-refractivity contribution in [3.63, 3.8) is 0 Å². The number of methoxy groups -OCH3 is 2. The van der Waals surface area contributed by atoms with Gasteiger partial charge in [-0.2, -0.15) is 0 Å². The molecule has 154 valence electrons. The zero-order chi connectivity index (χ0) is 21.4. The fraction of sp³-hybridized carbons (Fsp3) is 0.304. The second-order valence-corrected chi connectivity index (χ2v) is 6.65. The van der Waals surface area contributed by atoms with Crippen LogP contribution in [0.2, 0.25) is 0 Å². The normalized spacial score (nSPS) is 11.9. The molecule has 2 N–H and O–H groups in total. The van der Waals surface area contributed by atoms with E-state index in [0.29, 0.717) is 29.2 Å². The van der Waals surface area contributed by atoms with Gasteiger partial charge >= 0.3 is 5.97 Å². The van der Waals surface area contributed by atoms with E-state index >= 15 is 0 Å². The molecule has 0 spiro atoms. The molecule has 2 aromatic carbocycles. The molecule has 1 atom stereocenters. The van der Waals surface area contributed by atoms with Gasteiger partial charge in [-0.1, -0.05) is 26.0 Å². The molecule has 0 bridgehead atoms. The van der Waals surface area contributed by atoms with Crippen molar-refractivity contribution in [2.24, 2.45) is 0 Å². The van der Waals surface area contributed by atoms with Crippen LogP contribution in [0.15, 0.2) is 42.5 Å². The molecule has 6 nitrogen and oxygen atoms in total. The summed E-state index contributed by atoms with van der Waals surface area (Å²) in [6.07, 6.45) is 3.71. The summed E-state index contributed by atoms with van der Waals surface area (Å²) in [5, 5.41) is 11.9. The highest BCUT2D eigenvalue weighted by Gasteiger charge is 2.14. The molecule has 1 amide bonds. The standard InChI is InChI=1S/C23H27NO5/c1-5-6-22(25)24-19-10-7-16(13-18(19)9-12-23(26)27)15(2)17-8-11-20(28-3)21(14-17)29-4/h7-15H,5-6H2,1-4H3,(H,24,25)(H,26,27). The summed E-state index contributed by atoms with van der Waals surface area (Å²) in [6, 6.07) is 11.4. The maximum Gasteiger partial charge on any atom is 0.328 e. The number of carbonyl (C=O) groups excluding carboxylic acids is 1. The minimum atomic E-state index is -1.05. The van der Waals surface area contributed by atoms with Gasteiger partial charge in [-0.25, -0.2) is 4.79 Å². The lowest BCUT2D eigenvalue weighted by Crippen LogP contribution is -2.12. The number of aliphatic carboxylic acids is 1. The number of ether oxygens (including phenoxy) is 2. The van der Waals surface area contributed by atoms with E-state index in [9.17, 15) is 9.59 Å². The molecule has 0 heterocycles. The van der Waals surface area contributed by atoms with Gasteiger partial charge in [0.15, 0.2) is 11.5 Å². The van der Waals surface area contributed by atoms with E-state index in [4.69, 9.17) is 14.6 Å². The number of hydrogen-bond acceptors (Lipinski definition) is 4. The van der Waals surface area contributed by atoms with Crippen molar-refractivity contribution in [3.8, 4) is 11.5 Å². The topological polar surface area (TPSA) is 84.9 Å². The Morgan fingerprint density at radius 2 is 1.72 bits per heavy atom. The average Bonchev–Trinajstić information content (AvgIpc) is 2.72. The van der Waals surface area contributed by atoms with Gasteiger partial charge < -0.3 is 19.9 Å². The molecular weight excluding hydrogens is 370 g/mol. The van der Waals surface area contributed by atoms with Crippen LogP contribution in [-0.2, 0) is 9.59 Å². The van der Waals surface area contributed by atoms with Gasteiger partial charge in [-0.05, 0) is 53.5 Å². The lowest BCUT2D eigenvalue weighted by molar-refractivity contribution is -0.131. The maximum absolute atomic E-state index is 12.0. The van der Waals surface area contributed by atoms with Gasteiger partial charge in [0.25, 0.3) is 0 Å². The number of hydrogen-bond donors (Lipinski definition) is 2. The van der Waals surface area contributed by atoms with Crippen molar-refractivity contribution in [2.45, 2.75) is 32.6 Å². The van der Waals surface area contributed by atoms with Crippen molar-refractivity contribution in [1.82, 2.24) is 0 Å². The third kappa shape index (κ3) is 5.85. The summed E-state index contributed by atoms with van der Waals surface area (Å²) in [7, 11) is 3.18. The number of nitrogens with one attached hydrogen (secondary N) is 1. The molecule has 0 saturated heterocycles. The quantitative estimate of drug-likeness (QED) is 0.600. The van der Waals surface area contributed by atoms with Crippen LogP contribution in [0.1, 0.15) is 49.3 Å². The molecule has 2 rings (SSSR count). The minimum absolute atomic E-state index is 0.0205.